The Morgan fingerprint density at radius 2 is 1.52 bits per heavy atom. The van der Waals surface area contributed by atoms with E-state index in [4.69, 9.17) is 0 Å². The van der Waals surface area contributed by atoms with E-state index in [9.17, 15) is 9.59 Å². The fourth-order valence-corrected chi connectivity index (χ4v) is 3.41. The second-order valence-corrected chi connectivity index (χ2v) is 7.57. The first-order valence-electron chi connectivity index (χ1n) is 10.2. The van der Waals surface area contributed by atoms with Gasteiger partial charge in [-0.15, -0.1) is 0 Å². The van der Waals surface area contributed by atoms with Crippen molar-refractivity contribution in [2.45, 2.75) is 25.7 Å². The number of carbonyl (C=O) groups is 2. The van der Waals surface area contributed by atoms with Gasteiger partial charge in [0.1, 0.15) is 5.70 Å². The number of nitrogens with one attached hydrogen (secondary N) is 1. The summed E-state index contributed by atoms with van der Waals surface area (Å²) in [7, 11) is 3.97. The van der Waals surface area contributed by atoms with Crippen LogP contribution in [0.3, 0.4) is 0 Å². The predicted molar refractivity (Wildman–Crippen MR) is 118 cm³/mol. The number of amides is 2. The highest BCUT2D eigenvalue weighted by molar-refractivity contribution is 6.05. The lowest BCUT2D eigenvalue weighted by Crippen LogP contribution is -2.39. The van der Waals surface area contributed by atoms with Crippen LogP contribution in [0.15, 0.2) is 60.3 Å². The van der Waals surface area contributed by atoms with E-state index >= 15 is 0 Å². The maximum Gasteiger partial charge on any atom is 0.270 e. The lowest BCUT2D eigenvalue weighted by Gasteiger charge is -2.22. The summed E-state index contributed by atoms with van der Waals surface area (Å²) < 4.78 is 0. The van der Waals surface area contributed by atoms with Gasteiger partial charge in [0.05, 0.1) is 0 Å². The number of rotatable bonds is 5. The Morgan fingerprint density at radius 1 is 0.897 bits per heavy atom. The number of benzene rings is 2. The number of hydrogen-bond acceptors (Lipinski definition) is 3. The van der Waals surface area contributed by atoms with Gasteiger partial charge in [0.2, 0.25) is 0 Å². The highest BCUT2D eigenvalue weighted by Crippen LogP contribution is 2.17. The van der Waals surface area contributed by atoms with Crippen molar-refractivity contribution in [3.8, 4) is 0 Å². The number of hydrogen-bond donors (Lipinski definition) is 1. The molecule has 0 aliphatic carbocycles. The zero-order valence-electron chi connectivity index (χ0n) is 17.2. The number of anilines is 1. The Bertz CT molecular complexity index is 849. The molecule has 0 aromatic heterocycles. The molecule has 0 saturated carbocycles. The summed E-state index contributed by atoms with van der Waals surface area (Å²) in [6, 6.07) is 16.9. The van der Waals surface area contributed by atoms with Crippen LogP contribution in [-0.4, -0.2) is 43.9 Å². The van der Waals surface area contributed by atoms with Crippen LogP contribution in [0.4, 0.5) is 5.69 Å². The summed E-state index contributed by atoms with van der Waals surface area (Å²) in [4.78, 5) is 29.8. The molecule has 2 amide bonds. The number of nitrogens with zero attached hydrogens (tertiary/aromatic N) is 2. The average Bonchev–Trinajstić information content (AvgIpc) is 3.03. The Balaban J connectivity index is 1.87. The van der Waals surface area contributed by atoms with Gasteiger partial charge in [0.15, 0.2) is 0 Å². The van der Waals surface area contributed by atoms with E-state index in [2.05, 4.69) is 5.32 Å². The minimum atomic E-state index is -0.273. The van der Waals surface area contributed by atoms with Gasteiger partial charge >= 0.3 is 0 Å². The maximum absolute atomic E-state index is 13.2. The quantitative estimate of drug-likeness (QED) is 0.786. The molecule has 0 radical (unpaired) electrons. The van der Waals surface area contributed by atoms with E-state index < -0.39 is 0 Å². The fourth-order valence-electron chi connectivity index (χ4n) is 3.41. The largest absolute Gasteiger partial charge is 0.378 e. The summed E-state index contributed by atoms with van der Waals surface area (Å²) in [5, 5.41) is 2.86. The molecule has 2 aromatic carbocycles. The molecule has 1 heterocycles. The first-order chi connectivity index (χ1) is 14.0. The second-order valence-electron chi connectivity index (χ2n) is 7.57. The zero-order chi connectivity index (χ0) is 20.6. The molecular formula is C24H29N3O2. The Labute approximate surface area is 173 Å². The monoisotopic (exact) mass is 391 g/mol. The van der Waals surface area contributed by atoms with Gasteiger partial charge in [-0.05, 0) is 48.7 Å². The van der Waals surface area contributed by atoms with E-state index in [1.165, 1.54) is 0 Å². The second kappa shape index (κ2) is 9.92. The Morgan fingerprint density at radius 3 is 2.10 bits per heavy atom. The minimum absolute atomic E-state index is 0.118. The first kappa shape index (κ1) is 20.6. The van der Waals surface area contributed by atoms with Crippen LogP contribution in [0.5, 0.6) is 0 Å². The van der Waals surface area contributed by atoms with Gasteiger partial charge in [0.25, 0.3) is 11.8 Å². The average molecular weight is 392 g/mol. The number of likely N-dealkylation sites (tertiary alicyclic amines) is 1. The van der Waals surface area contributed by atoms with Gasteiger partial charge in [-0.2, -0.15) is 0 Å². The lowest BCUT2D eigenvalue weighted by molar-refractivity contribution is -0.127. The maximum atomic E-state index is 13.2. The molecular weight excluding hydrogens is 362 g/mol. The van der Waals surface area contributed by atoms with Crippen LogP contribution in [0, 0.1) is 0 Å². The third-order valence-electron chi connectivity index (χ3n) is 5.13. The summed E-state index contributed by atoms with van der Waals surface area (Å²) in [5.74, 6) is -0.391. The highest BCUT2D eigenvalue weighted by atomic mass is 16.2. The third kappa shape index (κ3) is 5.70. The van der Waals surface area contributed by atoms with Crippen LogP contribution in [-0.2, 0) is 4.79 Å². The van der Waals surface area contributed by atoms with Crippen molar-refractivity contribution in [1.29, 1.82) is 0 Å². The molecule has 5 heteroatoms. The van der Waals surface area contributed by atoms with Crippen LogP contribution < -0.4 is 10.2 Å². The standard InChI is InChI=1S/C24H29N3O2/c1-26(2)21-14-12-19(13-15-21)18-22(24(29)27-16-8-3-4-9-17-27)25-23(28)20-10-6-5-7-11-20/h5-7,10-15,18H,3-4,8-9,16-17H2,1-2H3,(H,25,28)/b22-18-. The molecule has 0 atom stereocenters. The van der Waals surface area contributed by atoms with E-state index in [1.54, 1.807) is 18.2 Å². The molecule has 5 nitrogen and oxygen atoms in total. The van der Waals surface area contributed by atoms with Crippen molar-refractivity contribution in [2.75, 3.05) is 32.1 Å². The Kier molecular flexibility index (Phi) is 7.06. The van der Waals surface area contributed by atoms with Crippen molar-refractivity contribution in [3.05, 3.63) is 71.4 Å². The normalized spacial score (nSPS) is 14.8. The molecule has 0 bridgehead atoms. The topological polar surface area (TPSA) is 52.7 Å². The third-order valence-corrected chi connectivity index (χ3v) is 5.13. The van der Waals surface area contributed by atoms with Crippen LogP contribution >= 0.6 is 0 Å². The van der Waals surface area contributed by atoms with Crippen molar-refractivity contribution in [2.24, 2.45) is 0 Å². The van der Waals surface area contributed by atoms with E-state index in [-0.39, 0.29) is 11.8 Å². The van der Waals surface area contributed by atoms with Gasteiger partial charge in [-0.3, -0.25) is 9.59 Å². The molecule has 152 valence electrons. The molecule has 0 spiro atoms. The number of carbonyl (C=O) groups excluding carboxylic acids is 2. The molecule has 29 heavy (non-hydrogen) atoms. The van der Waals surface area contributed by atoms with Crippen molar-refractivity contribution in [3.63, 3.8) is 0 Å². The molecule has 1 fully saturated rings. The molecule has 1 N–H and O–H groups in total. The zero-order valence-corrected chi connectivity index (χ0v) is 17.2. The van der Waals surface area contributed by atoms with Crippen molar-refractivity contribution < 1.29 is 9.59 Å². The highest BCUT2D eigenvalue weighted by Gasteiger charge is 2.21. The SMILES string of the molecule is CN(C)c1ccc(/C=C(\NC(=O)c2ccccc2)C(=O)N2CCCCCC2)cc1. The van der Waals surface area contributed by atoms with Gasteiger partial charge < -0.3 is 15.1 Å². The van der Waals surface area contributed by atoms with Gasteiger partial charge in [-0.1, -0.05) is 43.2 Å². The van der Waals surface area contributed by atoms with Crippen molar-refractivity contribution in [1.82, 2.24) is 10.2 Å². The fraction of sp³-hybridized carbons (Fsp3) is 0.333. The van der Waals surface area contributed by atoms with E-state index in [0.29, 0.717) is 11.3 Å². The van der Waals surface area contributed by atoms with Gasteiger partial charge in [0, 0.05) is 38.4 Å². The van der Waals surface area contributed by atoms with E-state index in [1.807, 2.05) is 66.4 Å². The predicted octanol–water partition coefficient (Wildman–Crippen LogP) is 3.93. The summed E-state index contributed by atoms with van der Waals surface area (Å²) in [5.41, 5.74) is 2.81. The molecule has 1 saturated heterocycles. The Hall–Kier alpha value is -3.08. The van der Waals surface area contributed by atoms with E-state index in [0.717, 1.165) is 50.0 Å². The van der Waals surface area contributed by atoms with Gasteiger partial charge in [-0.25, -0.2) is 0 Å². The van der Waals surface area contributed by atoms with Crippen molar-refractivity contribution >= 4 is 23.6 Å². The van der Waals surface area contributed by atoms with Crippen LogP contribution in [0.2, 0.25) is 0 Å². The molecule has 0 unspecified atom stereocenters. The summed E-state index contributed by atoms with van der Waals surface area (Å²) in [6.45, 7) is 1.47. The summed E-state index contributed by atoms with van der Waals surface area (Å²) >= 11 is 0. The first-order valence-corrected chi connectivity index (χ1v) is 10.2. The molecule has 1 aliphatic heterocycles. The lowest BCUT2D eigenvalue weighted by atomic mass is 10.1. The van der Waals surface area contributed by atoms with Crippen LogP contribution in [0.1, 0.15) is 41.6 Å². The molecule has 1 aliphatic rings. The molecule has 2 aromatic rings. The van der Waals surface area contributed by atoms with Crippen LogP contribution in [0.25, 0.3) is 6.08 Å². The summed E-state index contributed by atoms with van der Waals surface area (Å²) in [6.07, 6.45) is 6.07. The molecule has 3 rings (SSSR count). The minimum Gasteiger partial charge on any atom is -0.378 e. The smallest absolute Gasteiger partial charge is 0.270 e.